The summed E-state index contributed by atoms with van der Waals surface area (Å²) in [5, 5.41) is 16.0. The molecule has 50 heavy (non-hydrogen) atoms. The average molecular weight is 757 g/mol. The second kappa shape index (κ2) is 17.2. The van der Waals surface area contributed by atoms with E-state index in [1.54, 1.807) is 54.6 Å². The number of hydrogen-bond donors (Lipinski definition) is 2. The molecule has 0 radical (unpaired) electrons. The molecule has 9 nitrogen and oxygen atoms in total. The fourth-order valence-electron chi connectivity index (χ4n) is 5.59. The molecule has 0 spiro atoms. The number of halogens is 4. The lowest BCUT2D eigenvalue weighted by Gasteiger charge is -2.31. The molecule has 0 saturated heterocycles. The molecule has 4 aromatic rings. The van der Waals surface area contributed by atoms with E-state index in [2.05, 4.69) is 5.32 Å². The minimum absolute atomic E-state index is 0.142. The van der Waals surface area contributed by atoms with Gasteiger partial charge in [0.1, 0.15) is 5.75 Å². The van der Waals surface area contributed by atoms with Crippen LogP contribution in [0.15, 0.2) is 91.0 Å². The number of nitrogens with one attached hydrogen (secondary N) is 1. The fourth-order valence-corrected chi connectivity index (χ4v) is 6.56. The van der Waals surface area contributed by atoms with Crippen molar-refractivity contribution in [2.24, 2.45) is 0 Å². The first kappa shape index (κ1) is 37.1. The summed E-state index contributed by atoms with van der Waals surface area (Å²) < 4.78 is 5.60. The number of rotatable bonds is 15. The zero-order valence-corrected chi connectivity index (χ0v) is 29.7. The summed E-state index contributed by atoms with van der Waals surface area (Å²) in [6.07, 6.45) is -0.845. The van der Waals surface area contributed by atoms with Gasteiger partial charge in [-0.25, -0.2) is 0 Å². The Morgan fingerprint density at radius 1 is 0.820 bits per heavy atom. The molecular weight excluding hydrogens is 724 g/mol. The molecule has 0 saturated carbocycles. The van der Waals surface area contributed by atoms with Crippen molar-refractivity contribution in [2.45, 2.75) is 31.4 Å². The summed E-state index contributed by atoms with van der Waals surface area (Å²) in [6.45, 7) is -0.567. The van der Waals surface area contributed by atoms with E-state index in [-0.39, 0.29) is 54.4 Å². The Hall–Kier alpha value is -4.12. The van der Waals surface area contributed by atoms with E-state index in [0.29, 0.717) is 21.5 Å². The van der Waals surface area contributed by atoms with Gasteiger partial charge in [-0.1, -0.05) is 94.9 Å². The molecule has 1 heterocycles. The number of amides is 4. The highest BCUT2D eigenvalue weighted by Gasteiger charge is 2.35. The molecule has 0 aliphatic carbocycles. The van der Waals surface area contributed by atoms with Gasteiger partial charge >= 0.3 is 0 Å². The van der Waals surface area contributed by atoms with Crippen molar-refractivity contribution in [3.05, 3.63) is 133 Å². The van der Waals surface area contributed by atoms with Gasteiger partial charge in [-0.2, -0.15) is 0 Å². The second-order valence-electron chi connectivity index (χ2n) is 11.7. The van der Waals surface area contributed by atoms with Crippen molar-refractivity contribution in [1.82, 2.24) is 15.1 Å². The summed E-state index contributed by atoms with van der Waals surface area (Å²) in [5.74, 6) is -1.60. The number of aliphatic hydroxyl groups excluding tert-OH is 1. The van der Waals surface area contributed by atoms with Crippen molar-refractivity contribution < 1.29 is 29.0 Å². The molecule has 5 rings (SSSR count). The van der Waals surface area contributed by atoms with Gasteiger partial charge in [0.15, 0.2) is 6.61 Å². The predicted octanol–water partition coefficient (Wildman–Crippen LogP) is 6.53. The van der Waals surface area contributed by atoms with E-state index < -0.39 is 42.4 Å². The first-order chi connectivity index (χ1) is 24.0. The van der Waals surface area contributed by atoms with Crippen LogP contribution in [0.3, 0.4) is 0 Å². The van der Waals surface area contributed by atoms with Crippen LogP contribution in [0.2, 0.25) is 20.1 Å². The van der Waals surface area contributed by atoms with E-state index >= 15 is 0 Å². The smallest absolute Gasteiger partial charge is 0.261 e. The Bertz CT molecular complexity index is 1840. The van der Waals surface area contributed by atoms with Gasteiger partial charge in [0, 0.05) is 41.1 Å². The van der Waals surface area contributed by atoms with Gasteiger partial charge in [0.2, 0.25) is 5.91 Å². The lowest BCUT2D eigenvalue weighted by Crippen LogP contribution is -2.52. The summed E-state index contributed by atoms with van der Waals surface area (Å²) in [6, 6.07) is 24.6. The minimum Gasteiger partial charge on any atom is -0.482 e. The van der Waals surface area contributed by atoms with Crippen LogP contribution in [-0.2, 0) is 22.4 Å². The van der Waals surface area contributed by atoms with E-state index in [1.165, 1.54) is 11.0 Å². The number of carbonyl (C=O) groups excluding carboxylic acids is 4. The Balaban J connectivity index is 1.31. The molecular formula is C37H33Cl4N3O6. The molecule has 2 atom stereocenters. The van der Waals surface area contributed by atoms with Crippen molar-refractivity contribution in [2.75, 3.05) is 26.2 Å². The number of nitrogens with zero attached hydrogens (tertiary/aromatic N) is 2. The van der Waals surface area contributed by atoms with E-state index in [9.17, 15) is 24.3 Å². The van der Waals surface area contributed by atoms with E-state index in [0.717, 1.165) is 16.0 Å². The van der Waals surface area contributed by atoms with Crippen molar-refractivity contribution >= 4 is 70.0 Å². The van der Waals surface area contributed by atoms with Gasteiger partial charge in [0.05, 0.1) is 28.3 Å². The number of fused-ring (bicyclic) bond motifs is 1. The quantitative estimate of drug-likeness (QED) is 0.134. The average Bonchev–Trinajstić information content (AvgIpc) is 3.34. The monoisotopic (exact) mass is 755 g/mol. The molecule has 4 amide bonds. The third kappa shape index (κ3) is 9.56. The third-order valence-corrected chi connectivity index (χ3v) is 9.33. The Kier molecular flexibility index (Phi) is 12.8. The van der Waals surface area contributed by atoms with E-state index in [1.807, 2.05) is 30.3 Å². The van der Waals surface area contributed by atoms with E-state index in [4.69, 9.17) is 51.1 Å². The fraction of sp³-hybridized carbons (Fsp3) is 0.243. The molecule has 1 aliphatic rings. The third-order valence-electron chi connectivity index (χ3n) is 8.22. The van der Waals surface area contributed by atoms with Crippen LogP contribution in [0.25, 0.3) is 0 Å². The lowest BCUT2D eigenvalue weighted by molar-refractivity contribution is -0.133. The van der Waals surface area contributed by atoms with Crippen LogP contribution in [0.1, 0.15) is 38.3 Å². The first-order valence-electron chi connectivity index (χ1n) is 15.8. The summed E-state index contributed by atoms with van der Waals surface area (Å²) in [4.78, 5) is 55.3. The number of benzene rings is 4. The maximum absolute atomic E-state index is 13.8. The Morgan fingerprint density at radius 3 is 2.08 bits per heavy atom. The Morgan fingerprint density at radius 2 is 1.44 bits per heavy atom. The number of carbonyl (C=O) groups is 4. The zero-order chi connectivity index (χ0) is 35.8. The van der Waals surface area contributed by atoms with Gasteiger partial charge in [0.25, 0.3) is 17.7 Å². The van der Waals surface area contributed by atoms with Gasteiger partial charge in [-0.05, 0) is 66.4 Å². The topological polar surface area (TPSA) is 116 Å². The maximum atomic E-state index is 13.8. The first-order valence-corrected chi connectivity index (χ1v) is 17.3. The molecule has 0 bridgehead atoms. The SMILES string of the molecule is O=C(COc1ccc(Cl)cc1Cl)N[C@@H](Cc1ccccc1)[C@@H](O)CN(CCc1ccc(Cl)cc1Cl)C(=O)CCN1C(=O)c2ccccc2C1=O. The minimum atomic E-state index is -1.23. The van der Waals surface area contributed by atoms with Crippen molar-refractivity contribution in [3.63, 3.8) is 0 Å². The maximum Gasteiger partial charge on any atom is 0.261 e. The van der Waals surface area contributed by atoms with Crippen LogP contribution in [0.4, 0.5) is 0 Å². The molecule has 2 N–H and O–H groups in total. The van der Waals surface area contributed by atoms with Crippen LogP contribution >= 0.6 is 46.4 Å². The van der Waals surface area contributed by atoms with Crippen LogP contribution in [0.5, 0.6) is 5.75 Å². The number of imide groups is 1. The molecule has 13 heteroatoms. The lowest BCUT2D eigenvalue weighted by atomic mass is 10.00. The van der Waals surface area contributed by atoms with Gasteiger partial charge in [-0.15, -0.1) is 0 Å². The van der Waals surface area contributed by atoms with Crippen molar-refractivity contribution in [1.29, 1.82) is 0 Å². The van der Waals surface area contributed by atoms with Crippen LogP contribution < -0.4 is 10.1 Å². The molecule has 4 aromatic carbocycles. The van der Waals surface area contributed by atoms with Crippen molar-refractivity contribution in [3.8, 4) is 5.75 Å². The largest absolute Gasteiger partial charge is 0.482 e. The molecule has 0 aromatic heterocycles. The van der Waals surface area contributed by atoms with Crippen LogP contribution in [-0.4, -0.2) is 76.9 Å². The highest BCUT2D eigenvalue weighted by atomic mass is 35.5. The molecule has 260 valence electrons. The van der Waals surface area contributed by atoms with Gasteiger partial charge < -0.3 is 20.1 Å². The predicted molar refractivity (Wildman–Crippen MR) is 193 cm³/mol. The summed E-state index contributed by atoms with van der Waals surface area (Å²) in [7, 11) is 0. The highest BCUT2D eigenvalue weighted by Crippen LogP contribution is 2.28. The number of ether oxygens (including phenoxy) is 1. The molecule has 0 unspecified atom stereocenters. The number of aliphatic hydroxyl groups is 1. The highest BCUT2D eigenvalue weighted by molar-refractivity contribution is 6.35. The molecule has 0 fully saturated rings. The summed E-state index contributed by atoms with van der Waals surface area (Å²) >= 11 is 24.6. The second-order valence-corrected chi connectivity index (χ2v) is 13.4. The summed E-state index contributed by atoms with van der Waals surface area (Å²) in [5.41, 5.74) is 2.15. The van der Waals surface area contributed by atoms with Crippen LogP contribution in [0, 0.1) is 0 Å². The zero-order valence-electron chi connectivity index (χ0n) is 26.7. The molecule has 1 aliphatic heterocycles. The number of hydrogen-bond acceptors (Lipinski definition) is 6. The standard InChI is InChI=1S/C37H33Cl4N3O6/c38-25-11-10-24(29(40)19-25)14-16-43(35(47)15-17-44-36(48)27-8-4-5-9-28(27)37(44)49)21-32(45)31(18-23-6-2-1-3-7-23)42-34(46)22-50-33-13-12-26(39)20-30(33)41/h1-13,19-20,31-32,45H,14-18,21-22H2,(H,42,46)/t31-,32-/m0/s1. The van der Waals surface area contributed by atoms with Gasteiger partial charge in [-0.3, -0.25) is 24.1 Å². The Labute approximate surface area is 309 Å². The normalized spacial score (nSPS) is 13.5.